The Balaban J connectivity index is 2.45. The maximum absolute atomic E-state index is 5.07. The quantitative estimate of drug-likeness (QED) is 0.470. The van der Waals surface area contributed by atoms with Crippen LogP contribution in [0, 0.1) is 0 Å². The SMILES string of the molecule is C=C=COCc1ccccc1. The second kappa shape index (κ2) is 4.37. The van der Waals surface area contributed by atoms with Crippen LogP contribution in [0.1, 0.15) is 5.56 Å². The van der Waals surface area contributed by atoms with Crippen molar-refractivity contribution in [3.8, 4) is 0 Å². The van der Waals surface area contributed by atoms with Gasteiger partial charge in [0.1, 0.15) is 12.9 Å². The Bertz CT molecular complexity index is 245. The number of rotatable bonds is 3. The molecular weight excluding hydrogens is 136 g/mol. The minimum atomic E-state index is 0.587. The fourth-order valence-electron chi connectivity index (χ4n) is 0.771. The Morgan fingerprint density at radius 1 is 1.36 bits per heavy atom. The molecule has 56 valence electrons. The van der Waals surface area contributed by atoms with Gasteiger partial charge in [0.25, 0.3) is 0 Å². The van der Waals surface area contributed by atoms with Crippen LogP contribution >= 0.6 is 0 Å². The highest BCUT2D eigenvalue weighted by molar-refractivity contribution is 5.13. The van der Waals surface area contributed by atoms with Crippen molar-refractivity contribution in [2.45, 2.75) is 6.61 Å². The predicted octanol–water partition coefficient (Wildman–Crippen LogP) is 2.50. The standard InChI is InChI=1S/C10H10O/c1-2-8-11-9-10-6-4-3-5-7-10/h3-8H,1,9H2. The van der Waals surface area contributed by atoms with Crippen LogP contribution in [-0.2, 0) is 11.3 Å². The Morgan fingerprint density at radius 2 is 2.09 bits per heavy atom. The van der Waals surface area contributed by atoms with Crippen molar-refractivity contribution in [1.82, 2.24) is 0 Å². The first-order valence-electron chi connectivity index (χ1n) is 3.43. The van der Waals surface area contributed by atoms with Crippen molar-refractivity contribution in [3.05, 3.63) is 54.5 Å². The zero-order valence-electron chi connectivity index (χ0n) is 6.29. The van der Waals surface area contributed by atoms with Crippen molar-refractivity contribution in [2.24, 2.45) is 0 Å². The lowest BCUT2D eigenvalue weighted by molar-refractivity contribution is 0.237. The maximum Gasteiger partial charge on any atom is 0.125 e. The summed E-state index contributed by atoms with van der Waals surface area (Å²) in [6, 6.07) is 9.97. The summed E-state index contributed by atoms with van der Waals surface area (Å²) in [6.07, 6.45) is 1.47. The smallest absolute Gasteiger partial charge is 0.125 e. The lowest BCUT2D eigenvalue weighted by Gasteiger charge is -1.97. The first-order valence-corrected chi connectivity index (χ1v) is 3.43. The second-order valence-corrected chi connectivity index (χ2v) is 2.12. The van der Waals surface area contributed by atoms with Gasteiger partial charge in [-0.25, -0.2) is 0 Å². The number of hydrogen-bond donors (Lipinski definition) is 0. The molecule has 0 heterocycles. The van der Waals surface area contributed by atoms with Gasteiger partial charge in [-0.2, -0.15) is 0 Å². The van der Waals surface area contributed by atoms with Crippen molar-refractivity contribution in [2.75, 3.05) is 0 Å². The van der Waals surface area contributed by atoms with Crippen LogP contribution in [0.5, 0.6) is 0 Å². The van der Waals surface area contributed by atoms with Gasteiger partial charge in [0.05, 0.1) is 0 Å². The normalized spacial score (nSPS) is 8.36. The van der Waals surface area contributed by atoms with Gasteiger partial charge in [-0.3, -0.25) is 0 Å². The third-order valence-electron chi connectivity index (χ3n) is 1.26. The van der Waals surface area contributed by atoms with Crippen molar-refractivity contribution in [3.63, 3.8) is 0 Å². The Kier molecular flexibility index (Phi) is 3.04. The number of benzene rings is 1. The molecule has 0 radical (unpaired) electrons. The monoisotopic (exact) mass is 146 g/mol. The Labute approximate surface area is 66.6 Å². The van der Waals surface area contributed by atoms with E-state index in [-0.39, 0.29) is 0 Å². The highest BCUT2D eigenvalue weighted by Gasteiger charge is 1.86. The number of ether oxygens (including phenoxy) is 1. The van der Waals surface area contributed by atoms with Gasteiger partial charge in [0.2, 0.25) is 0 Å². The molecule has 1 heteroatoms. The van der Waals surface area contributed by atoms with Crippen molar-refractivity contribution < 1.29 is 4.74 Å². The Hall–Kier alpha value is -1.46. The molecule has 1 aromatic rings. The summed E-state index contributed by atoms with van der Waals surface area (Å²) in [6.45, 7) is 3.97. The summed E-state index contributed by atoms with van der Waals surface area (Å²) in [5.41, 5.74) is 3.69. The molecule has 1 aromatic carbocycles. The maximum atomic E-state index is 5.07. The van der Waals surface area contributed by atoms with Gasteiger partial charge >= 0.3 is 0 Å². The van der Waals surface area contributed by atoms with E-state index in [0.29, 0.717) is 6.61 Å². The minimum Gasteiger partial charge on any atom is -0.488 e. The highest BCUT2D eigenvalue weighted by atomic mass is 16.5. The van der Waals surface area contributed by atoms with Crippen LogP contribution in [0.25, 0.3) is 0 Å². The molecule has 1 rings (SSSR count). The molecule has 11 heavy (non-hydrogen) atoms. The average Bonchev–Trinajstić information content (AvgIpc) is 2.07. The lowest BCUT2D eigenvalue weighted by Crippen LogP contribution is -1.83. The van der Waals surface area contributed by atoms with E-state index >= 15 is 0 Å². The second-order valence-electron chi connectivity index (χ2n) is 2.12. The van der Waals surface area contributed by atoms with E-state index in [1.165, 1.54) is 6.26 Å². The van der Waals surface area contributed by atoms with Gasteiger partial charge < -0.3 is 4.74 Å². The third kappa shape index (κ3) is 2.74. The van der Waals surface area contributed by atoms with E-state index in [1.54, 1.807) is 0 Å². The van der Waals surface area contributed by atoms with Gasteiger partial charge in [-0.05, 0) is 5.56 Å². The molecule has 1 nitrogen and oxygen atoms in total. The van der Waals surface area contributed by atoms with Crippen molar-refractivity contribution in [1.29, 1.82) is 0 Å². The van der Waals surface area contributed by atoms with Crippen LogP contribution < -0.4 is 0 Å². The van der Waals surface area contributed by atoms with E-state index in [9.17, 15) is 0 Å². The molecule has 0 spiro atoms. The molecule has 0 aromatic heterocycles. The first kappa shape index (κ1) is 7.64. The highest BCUT2D eigenvalue weighted by Crippen LogP contribution is 1.99. The van der Waals surface area contributed by atoms with E-state index < -0.39 is 0 Å². The topological polar surface area (TPSA) is 9.23 Å². The van der Waals surface area contributed by atoms with E-state index in [4.69, 9.17) is 4.74 Å². The van der Waals surface area contributed by atoms with Gasteiger partial charge in [-0.1, -0.05) is 42.6 Å². The first-order chi connectivity index (χ1) is 5.43. The van der Waals surface area contributed by atoms with Crippen molar-refractivity contribution >= 4 is 0 Å². The zero-order valence-corrected chi connectivity index (χ0v) is 6.29. The van der Waals surface area contributed by atoms with E-state index in [0.717, 1.165) is 5.56 Å². The fraction of sp³-hybridized carbons (Fsp3) is 0.100. The van der Waals surface area contributed by atoms with Crippen LogP contribution in [0.15, 0.2) is 48.9 Å². The summed E-state index contributed by atoms with van der Waals surface area (Å²) in [4.78, 5) is 0. The predicted molar refractivity (Wildman–Crippen MR) is 44.9 cm³/mol. The summed E-state index contributed by atoms with van der Waals surface area (Å²) < 4.78 is 5.07. The van der Waals surface area contributed by atoms with Crippen LogP contribution in [0.2, 0.25) is 0 Å². The van der Waals surface area contributed by atoms with Crippen LogP contribution in [0.3, 0.4) is 0 Å². The van der Waals surface area contributed by atoms with Gasteiger partial charge in [-0.15, -0.1) is 0 Å². The Morgan fingerprint density at radius 3 is 2.73 bits per heavy atom. The summed E-state index contributed by atoms with van der Waals surface area (Å²) >= 11 is 0. The summed E-state index contributed by atoms with van der Waals surface area (Å²) in [5.74, 6) is 0. The largest absolute Gasteiger partial charge is 0.488 e. The molecule has 0 bridgehead atoms. The van der Waals surface area contributed by atoms with Gasteiger partial charge in [0, 0.05) is 0 Å². The molecule has 0 atom stereocenters. The molecule has 0 fully saturated rings. The molecule has 0 aliphatic heterocycles. The van der Waals surface area contributed by atoms with Crippen LogP contribution in [-0.4, -0.2) is 0 Å². The molecule has 0 saturated heterocycles. The molecule has 0 N–H and O–H groups in total. The molecule has 0 unspecified atom stereocenters. The van der Waals surface area contributed by atoms with Crippen LogP contribution in [0.4, 0.5) is 0 Å². The number of hydrogen-bond acceptors (Lipinski definition) is 1. The van der Waals surface area contributed by atoms with E-state index in [2.05, 4.69) is 12.3 Å². The molecule has 0 aliphatic rings. The zero-order chi connectivity index (χ0) is 7.94. The molecular formula is C10H10O. The minimum absolute atomic E-state index is 0.587. The third-order valence-corrected chi connectivity index (χ3v) is 1.26. The summed E-state index contributed by atoms with van der Waals surface area (Å²) in [5, 5.41) is 0. The molecule has 0 aliphatic carbocycles. The molecule has 0 amide bonds. The average molecular weight is 146 g/mol. The lowest BCUT2D eigenvalue weighted by atomic mass is 10.2. The van der Waals surface area contributed by atoms with Gasteiger partial charge in [0.15, 0.2) is 0 Å². The molecule has 0 saturated carbocycles. The van der Waals surface area contributed by atoms with E-state index in [1.807, 2.05) is 30.3 Å². The fourth-order valence-corrected chi connectivity index (χ4v) is 0.771. The summed E-state index contributed by atoms with van der Waals surface area (Å²) in [7, 11) is 0.